The molecule has 0 aliphatic rings. The summed E-state index contributed by atoms with van der Waals surface area (Å²) in [6.07, 6.45) is 0. The highest BCUT2D eigenvalue weighted by molar-refractivity contribution is 7.89. The number of nitrogens with one attached hydrogen (secondary N) is 2. The monoisotopic (exact) mass is 279 g/mol. The minimum Gasteiger partial charge on any atom is -0.382 e. The molecule has 17 heavy (non-hydrogen) atoms. The van der Waals surface area contributed by atoms with E-state index in [-0.39, 0.29) is 23.0 Å². The minimum absolute atomic E-state index is 0.0656. The van der Waals surface area contributed by atoms with E-state index in [1.54, 1.807) is 7.05 Å². The summed E-state index contributed by atoms with van der Waals surface area (Å²) >= 11 is 1.09. The van der Waals surface area contributed by atoms with Crippen LogP contribution in [0.4, 0.5) is 10.9 Å². The van der Waals surface area contributed by atoms with E-state index in [4.69, 9.17) is 10.9 Å². The summed E-state index contributed by atoms with van der Waals surface area (Å²) in [5.74, 6) is -0.686. The maximum atomic E-state index is 11.6. The van der Waals surface area contributed by atoms with E-state index in [9.17, 15) is 13.2 Å². The molecule has 0 bridgehead atoms. The van der Waals surface area contributed by atoms with Crippen molar-refractivity contribution in [3.05, 3.63) is 4.88 Å². The second-order valence-corrected chi connectivity index (χ2v) is 5.84. The number of hydrogen-bond acceptors (Lipinski definition) is 7. The van der Waals surface area contributed by atoms with Gasteiger partial charge in [0.1, 0.15) is 10.7 Å². The number of thiazole rings is 1. The molecule has 0 spiro atoms. The predicted molar refractivity (Wildman–Crippen MR) is 66.4 cm³/mol. The standard InChI is InChI=1S/C7H13N5O3S2/c1-10-7-12-5(8)4(16-7)6(13)11-2-3-17(9,14)15/h2-3,8H2,1H3,(H,10,12)(H,11,13)(H2,9,14,15). The van der Waals surface area contributed by atoms with Crippen molar-refractivity contribution in [2.45, 2.75) is 0 Å². The first-order valence-electron chi connectivity index (χ1n) is 4.56. The number of anilines is 2. The maximum absolute atomic E-state index is 11.6. The normalized spacial score (nSPS) is 11.2. The van der Waals surface area contributed by atoms with E-state index in [1.165, 1.54) is 0 Å². The van der Waals surface area contributed by atoms with Crippen molar-refractivity contribution in [3.8, 4) is 0 Å². The van der Waals surface area contributed by atoms with Crippen molar-refractivity contribution in [3.63, 3.8) is 0 Å². The van der Waals surface area contributed by atoms with E-state index < -0.39 is 15.9 Å². The van der Waals surface area contributed by atoms with Crippen LogP contribution in [0.3, 0.4) is 0 Å². The Kier molecular flexibility index (Phi) is 4.26. The molecule has 0 saturated carbocycles. The van der Waals surface area contributed by atoms with Gasteiger partial charge in [-0.05, 0) is 0 Å². The first-order chi connectivity index (χ1) is 7.83. The molecule has 8 nitrogen and oxygen atoms in total. The van der Waals surface area contributed by atoms with Gasteiger partial charge in [0.25, 0.3) is 5.91 Å². The summed E-state index contributed by atoms with van der Waals surface area (Å²) in [4.78, 5) is 15.7. The number of aromatic nitrogens is 1. The largest absolute Gasteiger partial charge is 0.382 e. The summed E-state index contributed by atoms with van der Waals surface area (Å²) in [5.41, 5.74) is 5.53. The fraction of sp³-hybridized carbons (Fsp3) is 0.429. The van der Waals surface area contributed by atoms with Crippen molar-refractivity contribution >= 4 is 38.2 Å². The Morgan fingerprint density at radius 1 is 1.53 bits per heavy atom. The van der Waals surface area contributed by atoms with E-state index in [2.05, 4.69) is 15.6 Å². The lowest BCUT2D eigenvalue weighted by molar-refractivity contribution is 0.0961. The summed E-state index contributed by atoms with van der Waals surface area (Å²) in [7, 11) is -1.93. The van der Waals surface area contributed by atoms with Crippen LogP contribution in [0.5, 0.6) is 0 Å². The minimum atomic E-state index is -3.58. The van der Waals surface area contributed by atoms with Crippen LogP contribution < -0.4 is 21.5 Å². The van der Waals surface area contributed by atoms with Gasteiger partial charge in [0.15, 0.2) is 5.13 Å². The average Bonchev–Trinajstić information content (AvgIpc) is 2.57. The number of nitrogens with zero attached hydrogens (tertiary/aromatic N) is 1. The van der Waals surface area contributed by atoms with Crippen LogP contribution in [0.2, 0.25) is 0 Å². The molecule has 0 aliphatic heterocycles. The number of primary sulfonamides is 1. The second-order valence-electron chi connectivity index (χ2n) is 3.11. The Morgan fingerprint density at radius 2 is 2.18 bits per heavy atom. The molecule has 0 saturated heterocycles. The number of nitrogen functional groups attached to an aromatic ring is 1. The molecule has 96 valence electrons. The topological polar surface area (TPSA) is 140 Å². The summed E-state index contributed by atoms with van der Waals surface area (Å²) in [5, 5.41) is 10.5. The molecule has 10 heteroatoms. The van der Waals surface area contributed by atoms with Gasteiger partial charge >= 0.3 is 0 Å². The zero-order valence-corrected chi connectivity index (χ0v) is 10.7. The first kappa shape index (κ1) is 13.7. The molecule has 6 N–H and O–H groups in total. The molecule has 1 aromatic heterocycles. The number of sulfonamides is 1. The van der Waals surface area contributed by atoms with Crippen molar-refractivity contribution in [2.75, 3.05) is 30.4 Å². The van der Waals surface area contributed by atoms with Gasteiger partial charge in [0, 0.05) is 13.6 Å². The van der Waals surface area contributed by atoms with Gasteiger partial charge < -0.3 is 16.4 Å². The van der Waals surface area contributed by atoms with Crippen molar-refractivity contribution in [1.29, 1.82) is 0 Å². The van der Waals surface area contributed by atoms with Crippen LogP contribution in [0.25, 0.3) is 0 Å². The van der Waals surface area contributed by atoms with Crippen molar-refractivity contribution in [2.24, 2.45) is 5.14 Å². The lowest BCUT2D eigenvalue weighted by atomic mass is 10.4. The van der Waals surface area contributed by atoms with Crippen LogP contribution in [-0.4, -0.2) is 38.7 Å². The molecular formula is C7H13N5O3S2. The number of amides is 1. The zero-order chi connectivity index (χ0) is 13.1. The summed E-state index contributed by atoms with van der Waals surface area (Å²) < 4.78 is 21.3. The lowest BCUT2D eigenvalue weighted by Crippen LogP contribution is -2.31. The Balaban J connectivity index is 2.61. The van der Waals surface area contributed by atoms with Crippen LogP contribution in [-0.2, 0) is 10.0 Å². The van der Waals surface area contributed by atoms with Crippen molar-refractivity contribution < 1.29 is 13.2 Å². The third-order valence-electron chi connectivity index (χ3n) is 1.75. The molecule has 1 aromatic rings. The molecule has 1 amide bonds. The predicted octanol–water partition coefficient (Wildman–Crippen LogP) is -1.21. The van der Waals surface area contributed by atoms with Crippen molar-refractivity contribution in [1.82, 2.24) is 10.3 Å². The molecule has 0 aliphatic carbocycles. The lowest BCUT2D eigenvalue weighted by Gasteiger charge is -2.02. The number of carbonyl (C=O) groups is 1. The molecule has 1 rings (SSSR count). The Hall–Kier alpha value is -1.39. The quantitative estimate of drug-likeness (QED) is 0.533. The molecule has 0 atom stereocenters. The molecule has 0 aromatic carbocycles. The van der Waals surface area contributed by atoms with Gasteiger partial charge in [-0.15, -0.1) is 0 Å². The van der Waals surface area contributed by atoms with E-state index in [1.807, 2.05) is 0 Å². The average molecular weight is 279 g/mol. The third kappa shape index (κ3) is 4.17. The van der Waals surface area contributed by atoms with Gasteiger partial charge in [0.05, 0.1) is 5.75 Å². The Bertz CT molecular complexity index is 510. The smallest absolute Gasteiger partial charge is 0.265 e. The fourth-order valence-electron chi connectivity index (χ4n) is 0.989. The highest BCUT2D eigenvalue weighted by atomic mass is 32.2. The zero-order valence-electron chi connectivity index (χ0n) is 9.06. The van der Waals surface area contributed by atoms with Gasteiger partial charge in [-0.2, -0.15) is 0 Å². The van der Waals surface area contributed by atoms with Gasteiger partial charge in [0.2, 0.25) is 10.0 Å². The molecule has 0 radical (unpaired) electrons. The Morgan fingerprint density at radius 3 is 2.65 bits per heavy atom. The van der Waals surface area contributed by atoms with Crippen LogP contribution >= 0.6 is 11.3 Å². The van der Waals surface area contributed by atoms with Gasteiger partial charge in [-0.25, -0.2) is 18.5 Å². The van der Waals surface area contributed by atoms with Gasteiger partial charge in [-0.1, -0.05) is 11.3 Å². The Labute approximate surface area is 102 Å². The number of hydrogen-bond donors (Lipinski definition) is 4. The molecule has 0 unspecified atom stereocenters. The molecule has 0 fully saturated rings. The third-order valence-corrected chi connectivity index (χ3v) is 3.61. The van der Waals surface area contributed by atoms with Crippen LogP contribution in [0.1, 0.15) is 9.67 Å². The SMILES string of the molecule is CNc1nc(N)c(C(=O)NCCS(N)(=O)=O)s1. The van der Waals surface area contributed by atoms with Crippen LogP contribution in [0.15, 0.2) is 0 Å². The summed E-state index contributed by atoms with van der Waals surface area (Å²) in [6, 6.07) is 0. The molecular weight excluding hydrogens is 266 g/mol. The molecule has 1 heterocycles. The fourth-order valence-corrected chi connectivity index (χ4v) is 2.13. The number of rotatable bonds is 5. The summed E-state index contributed by atoms with van der Waals surface area (Å²) in [6.45, 7) is -0.0656. The van der Waals surface area contributed by atoms with Crippen LogP contribution in [0, 0.1) is 0 Å². The maximum Gasteiger partial charge on any atom is 0.265 e. The second kappa shape index (κ2) is 5.29. The number of carbonyl (C=O) groups excluding carboxylic acids is 1. The number of nitrogens with two attached hydrogens (primary N) is 2. The van der Waals surface area contributed by atoms with Gasteiger partial charge in [-0.3, -0.25) is 4.79 Å². The van der Waals surface area contributed by atoms with E-state index in [0.29, 0.717) is 5.13 Å². The highest BCUT2D eigenvalue weighted by Gasteiger charge is 2.15. The first-order valence-corrected chi connectivity index (χ1v) is 7.09. The van der Waals surface area contributed by atoms with E-state index in [0.717, 1.165) is 11.3 Å². The van der Waals surface area contributed by atoms with E-state index >= 15 is 0 Å². The highest BCUT2D eigenvalue weighted by Crippen LogP contribution is 2.23.